The summed E-state index contributed by atoms with van der Waals surface area (Å²) in [4.78, 5) is 0. The van der Waals surface area contributed by atoms with Gasteiger partial charge in [-0.15, -0.1) is 0 Å². The molecule has 0 saturated heterocycles. The summed E-state index contributed by atoms with van der Waals surface area (Å²) in [6.45, 7) is 5.13. The second kappa shape index (κ2) is 8.20. The summed E-state index contributed by atoms with van der Waals surface area (Å²) in [6.07, 6.45) is 8.53. The number of rotatable bonds is 8. The summed E-state index contributed by atoms with van der Waals surface area (Å²) < 4.78 is 5.71. The van der Waals surface area contributed by atoms with Crippen molar-refractivity contribution in [3.05, 3.63) is 36.2 Å². The van der Waals surface area contributed by atoms with Crippen molar-refractivity contribution in [3.63, 3.8) is 0 Å². The zero-order chi connectivity index (χ0) is 11.6. The molecule has 0 aliphatic rings. The maximum Gasteiger partial charge on any atom is 0.119 e. The Morgan fingerprint density at radius 1 is 1.12 bits per heavy atom. The average Bonchev–Trinajstić information content (AvgIpc) is 2.34. The molecule has 0 amide bonds. The molecule has 0 aliphatic heterocycles. The molecule has 1 aromatic rings. The Morgan fingerprint density at radius 3 is 2.69 bits per heavy atom. The molecule has 0 N–H and O–H groups in total. The Kier molecular flexibility index (Phi) is 6.71. The van der Waals surface area contributed by atoms with Crippen LogP contribution in [-0.4, -0.2) is 6.61 Å². The second-order valence-electron chi connectivity index (χ2n) is 4.12. The molecule has 0 aliphatic carbocycles. The predicted molar refractivity (Wildman–Crippen MR) is 69.8 cm³/mol. The van der Waals surface area contributed by atoms with Crippen LogP contribution in [0.25, 0.3) is 0 Å². The van der Waals surface area contributed by atoms with Gasteiger partial charge in [0.2, 0.25) is 0 Å². The fraction of sp³-hybridized carbons (Fsp3) is 0.533. The van der Waals surface area contributed by atoms with E-state index < -0.39 is 0 Å². The third-order valence-electron chi connectivity index (χ3n) is 2.71. The van der Waals surface area contributed by atoms with Crippen molar-refractivity contribution in [1.29, 1.82) is 0 Å². The molecule has 1 rings (SSSR count). The number of benzene rings is 1. The largest absolute Gasteiger partial charge is 0.494 e. The van der Waals surface area contributed by atoms with Crippen LogP contribution in [0.4, 0.5) is 0 Å². The average molecular weight is 219 g/mol. The van der Waals surface area contributed by atoms with Gasteiger partial charge < -0.3 is 4.74 Å². The smallest absolute Gasteiger partial charge is 0.119 e. The van der Waals surface area contributed by atoms with Crippen LogP contribution in [-0.2, 0) is 0 Å². The van der Waals surface area contributed by atoms with E-state index in [9.17, 15) is 0 Å². The SMILES string of the molecule is C[CH]c1cccc(OCCCCCCC)c1. The van der Waals surface area contributed by atoms with Gasteiger partial charge in [0.05, 0.1) is 6.61 Å². The number of unbranched alkanes of at least 4 members (excludes halogenated alkanes) is 4. The zero-order valence-corrected chi connectivity index (χ0v) is 10.5. The lowest BCUT2D eigenvalue weighted by Gasteiger charge is -2.07. The number of hydrogen-bond donors (Lipinski definition) is 0. The monoisotopic (exact) mass is 219 g/mol. The number of hydrogen-bond acceptors (Lipinski definition) is 1. The minimum Gasteiger partial charge on any atom is -0.494 e. The molecule has 0 unspecified atom stereocenters. The molecule has 1 nitrogen and oxygen atoms in total. The molecule has 0 bridgehead atoms. The minimum atomic E-state index is 0.844. The zero-order valence-electron chi connectivity index (χ0n) is 10.5. The first-order valence-electron chi connectivity index (χ1n) is 6.39. The summed E-state index contributed by atoms with van der Waals surface area (Å²) in [5.41, 5.74) is 1.23. The molecule has 0 atom stereocenters. The van der Waals surface area contributed by atoms with Gasteiger partial charge in [-0.3, -0.25) is 0 Å². The lowest BCUT2D eigenvalue weighted by atomic mass is 10.1. The molecular weight excluding hydrogens is 196 g/mol. The first-order chi connectivity index (χ1) is 7.86. The summed E-state index contributed by atoms with van der Waals surface area (Å²) >= 11 is 0. The van der Waals surface area contributed by atoms with Gasteiger partial charge in [-0.2, -0.15) is 0 Å². The predicted octanol–water partition coefficient (Wildman–Crippen LogP) is 4.61. The molecule has 1 aromatic carbocycles. The quantitative estimate of drug-likeness (QED) is 0.580. The topological polar surface area (TPSA) is 9.23 Å². The maximum absolute atomic E-state index is 5.71. The van der Waals surface area contributed by atoms with Gasteiger partial charge in [0.1, 0.15) is 5.75 Å². The molecule has 1 heteroatoms. The first kappa shape index (κ1) is 13.1. The fourth-order valence-corrected chi connectivity index (χ4v) is 1.68. The van der Waals surface area contributed by atoms with Crippen LogP contribution in [0, 0.1) is 6.42 Å². The molecule has 89 valence electrons. The second-order valence-corrected chi connectivity index (χ2v) is 4.12. The molecule has 0 aromatic heterocycles. The van der Waals surface area contributed by atoms with Gasteiger partial charge in [0, 0.05) is 0 Å². The highest BCUT2D eigenvalue weighted by molar-refractivity contribution is 5.32. The van der Waals surface area contributed by atoms with Crippen LogP contribution in [0.2, 0.25) is 0 Å². The Labute approximate surface area is 99.8 Å². The Hall–Kier alpha value is -0.980. The van der Waals surface area contributed by atoms with E-state index in [1.54, 1.807) is 0 Å². The van der Waals surface area contributed by atoms with Gasteiger partial charge in [0.15, 0.2) is 0 Å². The molecule has 1 radical (unpaired) electrons. The van der Waals surface area contributed by atoms with Crippen LogP contribution >= 0.6 is 0 Å². The van der Waals surface area contributed by atoms with E-state index in [0.29, 0.717) is 0 Å². The van der Waals surface area contributed by atoms with E-state index >= 15 is 0 Å². The van der Waals surface area contributed by atoms with E-state index in [1.165, 1.54) is 37.7 Å². The lowest BCUT2D eigenvalue weighted by Crippen LogP contribution is -1.97. The van der Waals surface area contributed by atoms with E-state index in [4.69, 9.17) is 4.74 Å². The molecule has 16 heavy (non-hydrogen) atoms. The third-order valence-corrected chi connectivity index (χ3v) is 2.71. The first-order valence-corrected chi connectivity index (χ1v) is 6.39. The molecular formula is C15H23O. The molecule has 0 spiro atoms. The molecule has 0 fully saturated rings. The van der Waals surface area contributed by atoms with Crippen LogP contribution < -0.4 is 4.74 Å². The van der Waals surface area contributed by atoms with Crippen molar-refractivity contribution in [3.8, 4) is 5.75 Å². The van der Waals surface area contributed by atoms with Crippen LogP contribution in [0.3, 0.4) is 0 Å². The lowest BCUT2D eigenvalue weighted by molar-refractivity contribution is 0.304. The van der Waals surface area contributed by atoms with Gasteiger partial charge in [-0.25, -0.2) is 0 Å². The van der Waals surface area contributed by atoms with Crippen LogP contribution in [0.5, 0.6) is 5.75 Å². The van der Waals surface area contributed by atoms with Crippen molar-refractivity contribution in [2.24, 2.45) is 0 Å². The number of ether oxygens (including phenoxy) is 1. The summed E-state index contributed by atoms with van der Waals surface area (Å²) in [7, 11) is 0. The Morgan fingerprint density at radius 2 is 1.94 bits per heavy atom. The Balaban J connectivity index is 2.16. The highest BCUT2D eigenvalue weighted by Crippen LogP contribution is 2.15. The normalized spacial score (nSPS) is 10.4. The summed E-state index contributed by atoms with van der Waals surface area (Å²) in [6, 6.07) is 8.25. The third kappa shape index (κ3) is 5.20. The summed E-state index contributed by atoms with van der Waals surface area (Å²) in [5.74, 6) is 0.992. The van der Waals surface area contributed by atoms with Gasteiger partial charge in [-0.1, -0.05) is 51.7 Å². The van der Waals surface area contributed by atoms with Gasteiger partial charge >= 0.3 is 0 Å². The van der Waals surface area contributed by atoms with E-state index in [-0.39, 0.29) is 0 Å². The fourth-order valence-electron chi connectivity index (χ4n) is 1.68. The molecule has 0 heterocycles. The van der Waals surface area contributed by atoms with E-state index in [0.717, 1.165) is 12.4 Å². The van der Waals surface area contributed by atoms with Gasteiger partial charge in [-0.05, 0) is 30.5 Å². The molecule has 0 saturated carbocycles. The van der Waals surface area contributed by atoms with Crippen molar-refractivity contribution in [2.45, 2.75) is 46.0 Å². The minimum absolute atomic E-state index is 0.844. The van der Waals surface area contributed by atoms with Crippen molar-refractivity contribution in [2.75, 3.05) is 6.61 Å². The highest BCUT2D eigenvalue weighted by atomic mass is 16.5. The van der Waals surface area contributed by atoms with Crippen LogP contribution in [0.15, 0.2) is 24.3 Å². The van der Waals surface area contributed by atoms with Crippen molar-refractivity contribution in [1.82, 2.24) is 0 Å². The Bertz CT molecular complexity index is 281. The summed E-state index contributed by atoms with van der Waals surface area (Å²) in [5, 5.41) is 0. The van der Waals surface area contributed by atoms with E-state index in [1.807, 2.05) is 19.1 Å². The van der Waals surface area contributed by atoms with Gasteiger partial charge in [0.25, 0.3) is 0 Å². The van der Waals surface area contributed by atoms with Crippen molar-refractivity contribution >= 4 is 0 Å². The van der Waals surface area contributed by atoms with Crippen molar-refractivity contribution < 1.29 is 4.74 Å². The highest BCUT2D eigenvalue weighted by Gasteiger charge is 1.95. The maximum atomic E-state index is 5.71. The standard InChI is InChI=1S/C15H23O/c1-3-5-6-7-8-12-16-15-11-9-10-14(4-2)13-15/h4,9-11,13H,3,5-8,12H2,1-2H3. The van der Waals surface area contributed by atoms with E-state index in [2.05, 4.69) is 25.5 Å². The van der Waals surface area contributed by atoms with Crippen LogP contribution in [0.1, 0.15) is 51.5 Å².